The first kappa shape index (κ1) is 18.5. The van der Waals surface area contributed by atoms with Gasteiger partial charge in [-0.3, -0.25) is 4.79 Å². The van der Waals surface area contributed by atoms with Crippen LogP contribution in [0.4, 0.5) is 0 Å². The van der Waals surface area contributed by atoms with Crippen molar-refractivity contribution in [1.29, 1.82) is 0 Å². The molecule has 0 aliphatic heterocycles. The van der Waals surface area contributed by atoms with E-state index in [-0.39, 0.29) is 12.5 Å². The molecule has 27 heavy (non-hydrogen) atoms. The molecule has 0 spiro atoms. The minimum atomic E-state index is -0.0119. The van der Waals surface area contributed by atoms with Crippen LogP contribution in [0.5, 0.6) is 5.75 Å². The van der Waals surface area contributed by atoms with Gasteiger partial charge >= 0.3 is 0 Å². The molecule has 0 atom stereocenters. The number of imidazole rings is 1. The Kier molecular flexibility index (Phi) is 5.71. The number of amides is 1. The number of hydrogen-bond donors (Lipinski definition) is 0. The van der Waals surface area contributed by atoms with Crippen molar-refractivity contribution >= 4 is 16.9 Å². The summed E-state index contributed by atoms with van der Waals surface area (Å²) in [7, 11) is 1.63. The average molecular weight is 361 g/mol. The van der Waals surface area contributed by atoms with E-state index < -0.39 is 0 Å². The van der Waals surface area contributed by atoms with E-state index in [9.17, 15) is 4.79 Å². The van der Waals surface area contributed by atoms with Gasteiger partial charge < -0.3 is 14.2 Å². The second kappa shape index (κ2) is 8.36. The van der Waals surface area contributed by atoms with Gasteiger partial charge in [0.25, 0.3) is 0 Å². The van der Waals surface area contributed by atoms with E-state index in [1.54, 1.807) is 24.2 Å². The molecule has 1 heterocycles. The van der Waals surface area contributed by atoms with Crippen molar-refractivity contribution in [3.05, 3.63) is 73.8 Å². The molecule has 0 aliphatic carbocycles. The van der Waals surface area contributed by atoms with Crippen LogP contribution in [0.2, 0.25) is 0 Å². The lowest BCUT2D eigenvalue weighted by Crippen LogP contribution is -2.34. The Morgan fingerprint density at radius 3 is 2.59 bits per heavy atom. The minimum Gasteiger partial charge on any atom is -0.497 e. The number of ether oxygens (including phenoxy) is 1. The minimum absolute atomic E-state index is 0.0119. The fraction of sp³-hybridized carbons (Fsp3) is 0.182. The summed E-state index contributed by atoms with van der Waals surface area (Å²) in [6, 6.07) is 15.5. The largest absolute Gasteiger partial charge is 0.497 e. The molecular formula is C22H23N3O2. The molecule has 1 amide bonds. The number of methoxy groups -OCH3 is 1. The first-order valence-corrected chi connectivity index (χ1v) is 8.77. The summed E-state index contributed by atoms with van der Waals surface area (Å²) in [5.41, 5.74) is 2.67. The molecule has 0 bridgehead atoms. The monoisotopic (exact) mass is 361 g/mol. The molecule has 138 valence electrons. The maximum atomic E-state index is 12.9. The van der Waals surface area contributed by atoms with Crippen molar-refractivity contribution in [1.82, 2.24) is 14.5 Å². The third-order valence-electron chi connectivity index (χ3n) is 4.33. The molecule has 0 radical (unpaired) electrons. The summed E-state index contributed by atoms with van der Waals surface area (Å²) in [5, 5.41) is 0. The van der Waals surface area contributed by atoms with Gasteiger partial charge in [-0.15, -0.1) is 13.2 Å². The van der Waals surface area contributed by atoms with E-state index in [1.165, 1.54) is 0 Å². The summed E-state index contributed by atoms with van der Waals surface area (Å²) in [4.78, 5) is 19.4. The lowest BCUT2D eigenvalue weighted by atomic mass is 10.2. The van der Waals surface area contributed by atoms with Gasteiger partial charge in [-0.2, -0.15) is 0 Å². The summed E-state index contributed by atoms with van der Waals surface area (Å²) >= 11 is 0. The van der Waals surface area contributed by atoms with Crippen LogP contribution in [-0.4, -0.2) is 40.6 Å². The third kappa shape index (κ3) is 3.92. The van der Waals surface area contributed by atoms with E-state index in [4.69, 9.17) is 9.72 Å². The van der Waals surface area contributed by atoms with Crippen LogP contribution < -0.4 is 4.74 Å². The lowest BCUT2D eigenvalue weighted by molar-refractivity contribution is -0.130. The van der Waals surface area contributed by atoms with Crippen LogP contribution in [0.3, 0.4) is 0 Å². The van der Waals surface area contributed by atoms with Crippen LogP contribution >= 0.6 is 0 Å². The zero-order valence-electron chi connectivity index (χ0n) is 15.5. The molecule has 0 fully saturated rings. The number of rotatable bonds is 8. The highest BCUT2D eigenvalue weighted by atomic mass is 16.5. The number of benzene rings is 2. The molecule has 3 rings (SSSR count). The fourth-order valence-electron chi connectivity index (χ4n) is 3.04. The van der Waals surface area contributed by atoms with Crippen LogP contribution in [0.15, 0.2) is 73.8 Å². The van der Waals surface area contributed by atoms with Crippen molar-refractivity contribution in [3.63, 3.8) is 0 Å². The molecule has 5 nitrogen and oxygen atoms in total. The van der Waals surface area contributed by atoms with E-state index in [2.05, 4.69) is 13.2 Å². The molecule has 0 N–H and O–H groups in total. The Bertz CT molecular complexity index is 965. The highest BCUT2D eigenvalue weighted by Gasteiger charge is 2.18. The van der Waals surface area contributed by atoms with Crippen LogP contribution in [-0.2, 0) is 11.3 Å². The molecule has 2 aromatic carbocycles. The Labute approximate surface area is 159 Å². The van der Waals surface area contributed by atoms with Gasteiger partial charge in [0.1, 0.15) is 18.1 Å². The number of hydrogen-bond acceptors (Lipinski definition) is 3. The van der Waals surface area contributed by atoms with Crippen LogP contribution in [0, 0.1) is 0 Å². The van der Waals surface area contributed by atoms with Crippen LogP contribution in [0.1, 0.15) is 0 Å². The summed E-state index contributed by atoms with van der Waals surface area (Å²) in [6.45, 7) is 8.62. The maximum Gasteiger partial charge on any atom is 0.243 e. The Balaban J connectivity index is 2.06. The fourth-order valence-corrected chi connectivity index (χ4v) is 3.04. The van der Waals surface area contributed by atoms with Crippen LogP contribution in [0.25, 0.3) is 22.4 Å². The van der Waals surface area contributed by atoms with E-state index >= 15 is 0 Å². The number of carbonyl (C=O) groups excluding carboxylic acids is 1. The zero-order valence-corrected chi connectivity index (χ0v) is 15.5. The van der Waals surface area contributed by atoms with E-state index in [0.29, 0.717) is 13.1 Å². The van der Waals surface area contributed by atoms with Crippen molar-refractivity contribution in [2.75, 3.05) is 20.2 Å². The van der Waals surface area contributed by atoms with Crippen molar-refractivity contribution in [2.24, 2.45) is 0 Å². The van der Waals surface area contributed by atoms with Gasteiger partial charge in [0.2, 0.25) is 5.91 Å². The second-order valence-electron chi connectivity index (χ2n) is 6.12. The smallest absolute Gasteiger partial charge is 0.243 e. The predicted octanol–water partition coefficient (Wildman–Crippen LogP) is 3.91. The standard InChI is InChI=1S/C22H23N3O2/c1-4-13-24(14-5-2)21(26)16-25-20-12-7-6-11-19(20)23-22(25)17-9-8-10-18(15-17)27-3/h4-12,15H,1-2,13-14,16H2,3H3. The Hall–Kier alpha value is -3.34. The number of fused-ring (bicyclic) bond motifs is 1. The maximum absolute atomic E-state index is 12.9. The summed E-state index contributed by atoms with van der Waals surface area (Å²) in [6.07, 6.45) is 3.44. The average Bonchev–Trinajstić information content (AvgIpc) is 3.06. The SMILES string of the molecule is C=CCN(CC=C)C(=O)Cn1c(-c2cccc(OC)c2)nc2ccccc21. The molecule has 0 aliphatic rings. The number of aromatic nitrogens is 2. The Morgan fingerprint density at radius 2 is 1.89 bits per heavy atom. The van der Waals surface area contributed by atoms with Gasteiger partial charge in [0.15, 0.2) is 0 Å². The third-order valence-corrected chi connectivity index (χ3v) is 4.33. The van der Waals surface area contributed by atoms with Crippen molar-refractivity contribution in [3.8, 4) is 17.1 Å². The highest BCUT2D eigenvalue weighted by molar-refractivity contribution is 5.84. The molecule has 5 heteroatoms. The van der Waals surface area contributed by atoms with E-state index in [0.717, 1.165) is 28.2 Å². The summed E-state index contributed by atoms with van der Waals surface area (Å²) < 4.78 is 7.29. The van der Waals surface area contributed by atoms with Gasteiger partial charge in [0.05, 0.1) is 18.1 Å². The van der Waals surface area contributed by atoms with Gasteiger partial charge in [-0.1, -0.05) is 36.4 Å². The number of para-hydroxylation sites is 2. The molecule has 0 saturated heterocycles. The normalized spacial score (nSPS) is 10.6. The quantitative estimate of drug-likeness (QED) is 0.572. The lowest BCUT2D eigenvalue weighted by Gasteiger charge is -2.20. The van der Waals surface area contributed by atoms with Gasteiger partial charge in [-0.25, -0.2) is 4.98 Å². The van der Waals surface area contributed by atoms with E-state index in [1.807, 2.05) is 53.1 Å². The molecule has 0 unspecified atom stereocenters. The second-order valence-corrected chi connectivity index (χ2v) is 6.12. The topological polar surface area (TPSA) is 47.4 Å². The van der Waals surface area contributed by atoms with Gasteiger partial charge in [0, 0.05) is 18.7 Å². The van der Waals surface area contributed by atoms with Crippen molar-refractivity contribution in [2.45, 2.75) is 6.54 Å². The predicted molar refractivity (Wildman–Crippen MR) is 109 cm³/mol. The first-order valence-electron chi connectivity index (χ1n) is 8.77. The molecule has 3 aromatic rings. The molecule has 0 saturated carbocycles. The van der Waals surface area contributed by atoms with Gasteiger partial charge in [-0.05, 0) is 24.3 Å². The zero-order chi connectivity index (χ0) is 19.2. The molecular weight excluding hydrogens is 338 g/mol. The number of carbonyl (C=O) groups is 1. The Morgan fingerprint density at radius 1 is 1.15 bits per heavy atom. The first-order chi connectivity index (χ1) is 13.2. The van der Waals surface area contributed by atoms with Crippen molar-refractivity contribution < 1.29 is 9.53 Å². The molecule has 1 aromatic heterocycles. The number of nitrogens with zero attached hydrogens (tertiary/aromatic N) is 3. The highest BCUT2D eigenvalue weighted by Crippen LogP contribution is 2.27. The summed E-state index contributed by atoms with van der Waals surface area (Å²) in [5.74, 6) is 1.47.